The van der Waals surface area contributed by atoms with Crippen LogP contribution in [0.4, 0.5) is 0 Å². The summed E-state index contributed by atoms with van der Waals surface area (Å²) in [5.41, 5.74) is 9.31. The second kappa shape index (κ2) is 4.87. The van der Waals surface area contributed by atoms with E-state index >= 15 is 0 Å². The number of methoxy groups -OCH3 is 1. The third kappa shape index (κ3) is 2.43. The van der Waals surface area contributed by atoms with Gasteiger partial charge in [0, 0.05) is 11.1 Å². The first-order valence-electron chi connectivity index (χ1n) is 6.11. The van der Waals surface area contributed by atoms with Gasteiger partial charge >= 0.3 is 0 Å². The molecule has 0 aliphatic heterocycles. The first-order chi connectivity index (χ1) is 8.02. The number of nitrogens with two attached hydrogens (primary N) is 1. The van der Waals surface area contributed by atoms with E-state index in [1.165, 1.54) is 5.56 Å². The van der Waals surface area contributed by atoms with Crippen LogP contribution in [0.2, 0.25) is 5.02 Å². The summed E-state index contributed by atoms with van der Waals surface area (Å²) >= 11 is 6.30. The Hall–Kier alpha value is -0.730. The molecule has 1 fully saturated rings. The molecule has 0 bridgehead atoms. The topological polar surface area (TPSA) is 35.2 Å². The second-order valence-electron chi connectivity index (χ2n) is 5.11. The minimum atomic E-state index is 0.396. The van der Waals surface area contributed by atoms with Gasteiger partial charge in [-0.2, -0.15) is 0 Å². The smallest absolute Gasteiger partial charge is 0.122 e. The minimum Gasteiger partial charge on any atom is -0.496 e. The van der Waals surface area contributed by atoms with Gasteiger partial charge in [0.25, 0.3) is 0 Å². The van der Waals surface area contributed by atoms with Crippen LogP contribution in [0.15, 0.2) is 6.07 Å². The standard InChI is InChI=1S/C14H20ClNO/c1-8-4-13(17-3)12(9(2)14(8)15)7-10-5-11(16)6-10/h4,10-11H,5-7,16H2,1-3H3. The Labute approximate surface area is 108 Å². The van der Waals surface area contributed by atoms with Crippen molar-refractivity contribution >= 4 is 11.6 Å². The molecule has 2 rings (SSSR count). The molecular formula is C14H20ClNO. The summed E-state index contributed by atoms with van der Waals surface area (Å²) in [7, 11) is 1.72. The van der Waals surface area contributed by atoms with Crippen LogP contribution < -0.4 is 10.5 Å². The summed E-state index contributed by atoms with van der Waals surface area (Å²) in [5, 5.41) is 0.865. The Morgan fingerprint density at radius 3 is 2.59 bits per heavy atom. The number of hydrogen-bond acceptors (Lipinski definition) is 2. The summed E-state index contributed by atoms with van der Waals surface area (Å²) in [4.78, 5) is 0. The van der Waals surface area contributed by atoms with Crippen LogP contribution in [0.1, 0.15) is 29.5 Å². The maximum absolute atomic E-state index is 6.30. The quantitative estimate of drug-likeness (QED) is 0.898. The molecule has 1 aliphatic carbocycles. The Bertz CT molecular complexity index is 425. The lowest BCUT2D eigenvalue weighted by atomic mass is 9.76. The van der Waals surface area contributed by atoms with Gasteiger partial charge in [0.1, 0.15) is 5.75 Å². The maximum atomic E-state index is 6.30. The predicted molar refractivity (Wildman–Crippen MR) is 71.9 cm³/mol. The van der Waals surface area contributed by atoms with Crippen LogP contribution >= 0.6 is 11.6 Å². The minimum absolute atomic E-state index is 0.396. The molecule has 94 valence electrons. The molecule has 2 nitrogen and oxygen atoms in total. The largest absolute Gasteiger partial charge is 0.496 e. The van der Waals surface area contributed by atoms with Crippen LogP contribution in [0.25, 0.3) is 0 Å². The summed E-state index contributed by atoms with van der Waals surface area (Å²) in [6.45, 7) is 4.09. The zero-order valence-electron chi connectivity index (χ0n) is 10.7. The lowest BCUT2D eigenvalue weighted by Gasteiger charge is -2.33. The normalized spacial score (nSPS) is 23.4. The van der Waals surface area contributed by atoms with E-state index in [1.54, 1.807) is 7.11 Å². The second-order valence-corrected chi connectivity index (χ2v) is 5.49. The van der Waals surface area contributed by atoms with Crippen molar-refractivity contribution in [3.05, 3.63) is 27.8 Å². The fraction of sp³-hybridized carbons (Fsp3) is 0.571. The van der Waals surface area contributed by atoms with E-state index in [-0.39, 0.29) is 0 Å². The zero-order valence-corrected chi connectivity index (χ0v) is 11.5. The SMILES string of the molecule is COc1cc(C)c(Cl)c(C)c1CC1CC(N)C1. The van der Waals surface area contributed by atoms with Gasteiger partial charge in [0.2, 0.25) is 0 Å². The fourth-order valence-corrected chi connectivity index (χ4v) is 2.81. The van der Waals surface area contributed by atoms with E-state index in [2.05, 4.69) is 6.92 Å². The average Bonchev–Trinajstić information content (AvgIpc) is 2.27. The van der Waals surface area contributed by atoms with Crippen molar-refractivity contribution in [3.8, 4) is 5.75 Å². The third-order valence-electron chi connectivity index (χ3n) is 3.76. The van der Waals surface area contributed by atoms with Gasteiger partial charge in [-0.25, -0.2) is 0 Å². The summed E-state index contributed by atoms with van der Waals surface area (Å²) < 4.78 is 5.47. The van der Waals surface area contributed by atoms with Crippen molar-refractivity contribution in [1.82, 2.24) is 0 Å². The predicted octanol–water partition coefficient (Wildman–Crippen LogP) is 3.25. The van der Waals surface area contributed by atoms with Crippen LogP contribution in [-0.4, -0.2) is 13.2 Å². The van der Waals surface area contributed by atoms with Crippen molar-refractivity contribution in [2.75, 3.05) is 7.11 Å². The monoisotopic (exact) mass is 253 g/mol. The Kier molecular flexibility index (Phi) is 3.64. The van der Waals surface area contributed by atoms with E-state index in [4.69, 9.17) is 22.1 Å². The molecule has 0 heterocycles. The molecule has 0 saturated heterocycles. The summed E-state index contributed by atoms with van der Waals surface area (Å²) in [6, 6.07) is 2.43. The van der Waals surface area contributed by atoms with Crippen molar-refractivity contribution in [2.45, 2.75) is 39.2 Å². The summed E-state index contributed by atoms with van der Waals surface area (Å²) in [5.74, 6) is 1.65. The van der Waals surface area contributed by atoms with Gasteiger partial charge in [0.05, 0.1) is 7.11 Å². The van der Waals surface area contributed by atoms with E-state index < -0.39 is 0 Å². The Morgan fingerprint density at radius 1 is 1.41 bits per heavy atom. The van der Waals surface area contributed by atoms with Crippen molar-refractivity contribution in [2.24, 2.45) is 11.7 Å². The molecule has 0 atom stereocenters. The molecule has 3 heteroatoms. The zero-order chi connectivity index (χ0) is 12.6. The van der Waals surface area contributed by atoms with Crippen LogP contribution in [0.5, 0.6) is 5.75 Å². The highest BCUT2D eigenvalue weighted by molar-refractivity contribution is 6.32. The highest BCUT2D eigenvalue weighted by atomic mass is 35.5. The first kappa shape index (κ1) is 12.7. The van der Waals surface area contributed by atoms with Crippen LogP contribution in [0.3, 0.4) is 0 Å². The van der Waals surface area contributed by atoms with E-state index in [0.717, 1.165) is 41.2 Å². The molecule has 1 aromatic rings. The number of halogens is 1. The third-order valence-corrected chi connectivity index (χ3v) is 4.34. The molecule has 17 heavy (non-hydrogen) atoms. The summed E-state index contributed by atoms with van der Waals surface area (Å²) in [6.07, 6.45) is 3.27. The molecule has 2 N–H and O–H groups in total. The molecule has 1 aliphatic rings. The maximum Gasteiger partial charge on any atom is 0.122 e. The van der Waals surface area contributed by atoms with Crippen molar-refractivity contribution in [1.29, 1.82) is 0 Å². The molecule has 1 saturated carbocycles. The van der Waals surface area contributed by atoms with E-state index in [1.807, 2.05) is 13.0 Å². The Balaban J connectivity index is 2.28. The van der Waals surface area contributed by atoms with Gasteiger partial charge in [-0.05, 0) is 61.8 Å². The molecule has 0 unspecified atom stereocenters. The van der Waals surface area contributed by atoms with Crippen molar-refractivity contribution < 1.29 is 4.74 Å². The van der Waals surface area contributed by atoms with E-state index in [0.29, 0.717) is 12.0 Å². The lowest BCUT2D eigenvalue weighted by Crippen LogP contribution is -2.37. The van der Waals surface area contributed by atoms with Gasteiger partial charge in [-0.15, -0.1) is 0 Å². The molecule has 0 amide bonds. The molecular weight excluding hydrogens is 234 g/mol. The highest BCUT2D eigenvalue weighted by Gasteiger charge is 2.27. The number of hydrogen-bond donors (Lipinski definition) is 1. The van der Waals surface area contributed by atoms with Crippen molar-refractivity contribution in [3.63, 3.8) is 0 Å². The van der Waals surface area contributed by atoms with Gasteiger partial charge in [-0.3, -0.25) is 0 Å². The molecule has 0 spiro atoms. The van der Waals surface area contributed by atoms with Gasteiger partial charge in [-0.1, -0.05) is 11.6 Å². The number of benzene rings is 1. The number of rotatable bonds is 3. The van der Waals surface area contributed by atoms with Crippen LogP contribution in [0, 0.1) is 19.8 Å². The van der Waals surface area contributed by atoms with E-state index in [9.17, 15) is 0 Å². The average molecular weight is 254 g/mol. The van der Waals surface area contributed by atoms with Gasteiger partial charge < -0.3 is 10.5 Å². The molecule has 0 aromatic heterocycles. The van der Waals surface area contributed by atoms with Gasteiger partial charge in [0.15, 0.2) is 0 Å². The Morgan fingerprint density at radius 2 is 2.06 bits per heavy atom. The number of aryl methyl sites for hydroxylation is 1. The lowest BCUT2D eigenvalue weighted by molar-refractivity contribution is 0.261. The first-order valence-corrected chi connectivity index (χ1v) is 6.48. The highest BCUT2D eigenvalue weighted by Crippen LogP contribution is 2.37. The van der Waals surface area contributed by atoms with Crippen LogP contribution in [-0.2, 0) is 6.42 Å². The molecule has 0 radical (unpaired) electrons. The molecule has 1 aromatic carbocycles. The number of ether oxygens (including phenoxy) is 1. The fourth-order valence-electron chi connectivity index (χ4n) is 2.64.